The lowest BCUT2D eigenvalue weighted by Crippen LogP contribution is -2.21. The van der Waals surface area contributed by atoms with Crippen molar-refractivity contribution in [2.75, 3.05) is 0 Å². The summed E-state index contributed by atoms with van der Waals surface area (Å²) >= 11 is 5.39. The van der Waals surface area contributed by atoms with Gasteiger partial charge in [-0.25, -0.2) is 0 Å². The Bertz CT molecular complexity index is 625. The molecule has 0 saturated carbocycles. The van der Waals surface area contributed by atoms with Gasteiger partial charge < -0.3 is 5.73 Å². The van der Waals surface area contributed by atoms with E-state index in [1.807, 2.05) is 11.8 Å². The lowest BCUT2D eigenvalue weighted by atomic mass is 10.1. The van der Waals surface area contributed by atoms with E-state index in [1.54, 1.807) is 0 Å². The Kier molecular flexibility index (Phi) is 5.91. The van der Waals surface area contributed by atoms with Crippen molar-refractivity contribution < 1.29 is 0 Å². The second-order valence-electron chi connectivity index (χ2n) is 5.47. The third kappa shape index (κ3) is 4.60. The molecular formula is C18H22BrNS. The van der Waals surface area contributed by atoms with Crippen LogP contribution in [0.25, 0.3) is 0 Å². The molecule has 21 heavy (non-hydrogen) atoms. The van der Waals surface area contributed by atoms with E-state index >= 15 is 0 Å². The molecule has 3 heteroatoms. The molecule has 0 spiro atoms. The lowest BCUT2D eigenvalue weighted by molar-refractivity contribution is 0.641. The molecule has 0 fully saturated rings. The predicted molar refractivity (Wildman–Crippen MR) is 96.2 cm³/mol. The molecule has 0 amide bonds. The summed E-state index contributed by atoms with van der Waals surface area (Å²) in [7, 11) is 0. The smallest absolute Gasteiger partial charge is 0.0178 e. The van der Waals surface area contributed by atoms with E-state index in [9.17, 15) is 0 Å². The van der Waals surface area contributed by atoms with Gasteiger partial charge in [-0.05, 0) is 73.7 Å². The molecule has 2 aromatic rings. The zero-order valence-corrected chi connectivity index (χ0v) is 15.2. The van der Waals surface area contributed by atoms with E-state index in [1.165, 1.54) is 26.5 Å². The van der Waals surface area contributed by atoms with Gasteiger partial charge in [0.2, 0.25) is 0 Å². The number of rotatable bonds is 5. The van der Waals surface area contributed by atoms with Crippen LogP contribution >= 0.6 is 27.7 Å². The zero-order valence-electron chi connectivity index (χ0n) is 12.8. The van der Waals surface area contributed by atoms with Crippen LogP contribution in [0.2, 0.25) is 0 Å². The van der Waals surface area contributed by atoms with Crippen LogP contribution in [0.3, 0.4) is 0 Å². The van der Waals surface area contributed by atoms with E-state index in [-0.39, 0.29) is 6.04 Å². The van der Waals surface area contributed by atoms with Crippen LogP contribution in [0.15, 0.2) is 50.7 Å². The third-order valence-corrected chi connectivity index (χ3v) is 5.34. The largest absolute Gasteiger partial charge is 0.327 e. The van der Waals surface area contributed by atoms with Gasteiger partial charge in [-0.15, -0.1) is 0 Å². The van der Waals surface area contributed by atoms with Crippen molar-refractivity contribution in [1.29, 1.82) is 0 Å². The highest BCUT2D eigenvalue weighted by Gasteiger charge is 2.09. The second kappa shape index (κ2) is 7.48. The Labute approximate surface area is 140 Å². The minimum Gasteiger partial charge on any atom is -0.327 e. The Morgan fingerprint density at radius 1 is 1.10 bits per heavy atom. The van der Waals surface area contributed by atoms with Gasteiger partial charge in [0, 0.05) is 20.3 Å². The summed E-state index contributed by atoms with van der Waals surface area (Å²) in [4.78, 5) is 2.58. The highest BCUT2D eigenvalue weighted by molar-refractivity contribution is 9.10. The van der Waals surface area contributed by atoms with Crippen molar-refractivity contribution in [2.24, 2.45) is 5.73 Å². The Hall–Kier alpha value is -0.770. The highest BCUT2D eigenvalue weighted by Crippen LogP contribution is 2.33. The Morgan fingerprint density at radius 2 is 1.86 bits per heavy atom. The van der Waals surface area contributed by atoms with Crippen LogP contribution in [0, 0.1) is 13.8 Å². The molecule has 112 valence electrons. The highest BCUT2D eigenvalue weighted by atomic mass is 79.9. The minimum absolute atomic E-state index is 0.221. The molecule has 0 radical (unpaired) electrons. The van der Waals surface area contributed by atoms with E-state index in [0.29, 0.717) is 0 Å². The van der Waals surface area contributed by atoms with Crippen LogP contribution in [-0.4, -0.2) is 6.04 Å². The summed E-state index contributed by atoms with van der Waals surface area (Å²) in [5.74, 6) is 0. The average Bonchev–Trinajstić information content (AvgIpc) is 2.45. The standard InChI is InChI=1S/C18H22BrNS/c1-4-16(20)11-14-10-15(19)6-8-18(14)21-17-7-5-12(2)13(3)9-17/h5-10,16H,4,11,20H2,1-3H3. The van der Waals surface area contributed by atoms with E-state index in [2.05, 4.69) is 73.1 Å². The van der Waals surface area contributed by atoms with Crippen molar-refractivity contribution in [3.05, 3.63) is 57.6 Å². The number of nitrogens with two attached hydrogens (primary N) is 1. The molecular weight excluding hydrogens is 342 g/mol. The number of benzene rings is 2. The predicted octanol–water partition coefficient (Wildman–Crippen LogP) is 5.50. The Morgan fingerprint density at radius 3 is 2.52 bits per heavy atom. The number of aryl methyl sites for hydroxylation is 2. The first-order valence-corrected chi connectivity index (χ1v) is 8.89. The third-order valence-electron chi connectivity index (χ3n) is 3.74. The normalized spacial score (nSPS) is 12.4. The average molecular weight is 364 g/mol. The second-order valence-corrected chi connectivity index (χ2v) is 7.50. The van der Waals surface area contributed by atoms with Crippen molar-refractivity contribution in [3.63, 3.8) is 0 Å². The summed E-state index contributed by atoms with van der Waals surface area (Å²) < 4.78 is 1.12. The van der Waals surface area contributed by atoms with Crippen molar-refractivity contribution in [3.8, 4) is 0 Å². The summed E-state index contributed by atoms with van der Waals surface area (Å²) in [6.07, 6.45) is 1.92. The molecule has 2 N–H and O–H groups in total. The van der Waals surface area contributed by atoms with Crippen molar-refractivity contribution in [1.82, 2.24) is 0 Å². The summed E-state index contributed by atoms with van der Waals surface area (Å²) in [6, 6.07) is 13.3. The van der Waals surface area contributed by atoms with Crippen LogP contribution in [-0.2, 0) is 6.42 Å². The van der Waals surface area contributed by atoms with Gasteiger partial charge in [-0.3, -0.25) is 0 Å². The molecule has 0 aliphatic heterocycles. The summed E-state index contributed by atoms with van der Waals surface area (Å²) in [5.41, 5.74) is 10.1. The van der Waals surface area contributed by atoms with Crippen molar-refractivity contribution >= 4 is 27.7 Å². The first kappa shape index (κ1) is 16.6. The van der Waals surface area contributed by atoms with Gasteiger partial charge in [0.05, 0.1) is 0 Å². The maximum Gasteiger partial charge on any atom is 0.0178 e. The quantitative estimate of drug-likeness (QED) is 0.758. The molecule has 0 bridgehead atoms. The van der Waals surface area contributed by atoms with Gasteiger partial charge in [-0.1, -0.05) is 40.7 Å². The monoisotopic (exact) mass is 363 g/mol. The van der Waals surface area contributed by atoms with Crippen LogP contribution in [0.1, 0.15) is 30.0 Å². The van der Waals surface area contributed by atoms with Gasteiger partial charge in [-0.2, -0.15) is 0 Å². The van der Waals surface area contributed by atoms with Gasteiger partial charge in [0.1, 0.15) is 0 Å². The van der Waals surface area contributed by atoms with Crippen molar-refractivity contribution in [2.45, 2.75) is 49.4 Å². The molecule has 0 aromatic heterocycles. The van der Waals surface area contributed by atoms with Gasteiger partial charge >= 0.3 is 0 Å². The fraction of sp³-hybridized carbons (Fsp3) is 0.333. The lowest BCUT2D eigenvalue weighted by Gasteiger charge is -2.14. The van der Waals surface area contributed by atoms with E-state index in [0.717, 1.165) is 17.3 Å². The van der Waals surface area contributed by atoms with E-state index < -0.39 is 0 Å². The molecule has 1 nitrogen and oxygen atoms in total. The van der Waals surface area contributed by atoms with Gasteiger partial charge in [0.25, 0.3) is 0 Å². The van der Waals surface area contributed by atoms with Crippen LogP contribution in [0.4, 0.5) is 0 Å². The molecule has 0 saturated heterocycles. The molecule has 0 aliphatic rings. The Balaban J connectivity index is 2.28. The fourth-order valence-corrected chi connectivity index (χ4v) is 3.58. The molecule has 2 aromatic carbocycles. The first-order valence-electron chi connectivity index (χ1n) is 7.28. The molecule has 0 aliphatic carbocycles. The SMILES string of the molecule is CCC(N)Cc1cc(Br)ccc1Sc1ccc(C)c(C)c1. The minimum atomic E-state index is 0.221. The molecule has 1 atom stereocenters. The van der Waals surface area contributed by atoms with Crippen LogP contribution < -0.4 is 5.73 Å². The fourth-order valence-electron chi connectivity index (χ4n) is 2.14. The van der Waals surface area contributed by atoms with Gasteiger partial charge in [0.15, 0.2) is 0 Å². The topological polar surface area (TPSA) is 26.0 Å². The van der Waals surface area contributed by atoms with Crippen LogP contribution in [0.5, 0.6) is 0 Å². The number of halogens is 1. The number of hydrogen-bond donors (Lipinski definition) is 1. The summed E-state index contributed by atoms with van der Waals surface area (Å²) in [5, 5.41) is 0. The maximum absolute atomic E-state index is 6.14. The summed E-state index contributed by atoms with van der Waals surface area (Å²) in [6.45, 7) is 6.45. The van der Waals surface area contributed by atoms with E-state index in [4.69, 9.17) is 5.73 Å². The molecule has 1 unspecified atom stereocenters. The first-order chi connectivity index (χ1) is 9.99. The molecule has 0 heterocycles. The molecule has 2 rings (SSSR count). The maximum atomic E-state index is 6.14. The number of hydrogen-bond acceptors (Lipinski definition) is 2. The zero-order chi connectivity index (χ0) is 15.4.